The first-order valence-corrected chi connectivity index (χ1v) is 9.32. The monoisotopic (exact) mass is 369 g/mol. The fraction of sp³-hybridized carbons (Fsp3) is 0.318. The van der Waals surface area contributed by atoms with E-state index < -0.39 is 0 Å². The summed E-state index contributed by atoms with van der Waals surface area (Å²) >= 11 is 0. The molecule has 3 rings (SSSR count). The van der Waals surface area contributed by atoms with Crippen molar-refractivity contribution in [3.63, 3.8) is 0 Å². The van der Waals surface area contributed by atoms with Gasteiger partial charge < -0.3 is 15.0 Å². The van der Waals surface area contributed by atoms with Crippen molar-refractivity contribution in [2.45, 2.75) is 13.0 Å². The molecule has 2 N–H and O–H groups in total. The van der Waals surface area contributed by atoms with Gasteiger partial charge in [0.1, 0.15) is 31.5 Å². The number of halogens is 1. The van der Waals surface area contributed by atoms with Crippen LogP contribution in [-0.2, 0) is 9.53 Å². The highest BCUT2D eigenvalue weighted by Crippen LogP contribution is 2.13. The number of carbonyl (C=O) groups excluding carboxylic acids is 1. The van der Waals surface area contributed by atoms with E-state index >= 15 is 0 Å². The Kier molecular flexibility index (Phi) is 6.74. The van der Waals surface area contributed by atoms with Gasteiger partial charge in [0.25, 0.3) is 0 Å². The van der Waals surface area contributed by atoms with E-state index in [-0.39, 0.29) is 17.8 Å². The minimum absolute atomic E-state index is 0.0802. The van der Waals surface area contributed by atoms with Gasteiger partial charge in [0, 0.05) is 6.08 Å². The maximum atomic E-state index is 13.3. The number of morpholine rings is 1. The number of hydrogen-bond acceptors (Lipinski definition) is 2. The Morgan fingerprint density at radius 3 is 2.67 bits per heavy atom. The summed E-state index contributed by atoms with van der Waals surface area (Å²) in [5, 5.41) is 3.10. The van der Waals surface area contributed by atoms with Crippen LogP contribution in [0.5, 0.6) is 0 Å². The molecular formula is C22H26FN2O2+. The molecule has 0 radical (unpaired) electrons. The van der Waals surface area contributed by atoms with E-state index in [2.05, 4.69) is 29.6 Å². The summed E-state index contributed by atoms with van der Waals surface area (Å²) in [7, 11) is 0. The molecule has 1 amide bonds. The molecule has 1 aliphatic heterocycles. The summed E-state index contributed by atoms with van der Waals surface area (Å²) in [6.45, 7) is 6.25. The Labute approximate surface area is 159 Å². The van der Waals surface area contributed by atoms with Crippen molar-refractivity contribution in [1.29, 1.82) is 0 Å². The van der Waals surface area contributed by atoms with Crippen LogP contribution in [0.3, 0.4) is 0 Å². The zero-order valence-corrected chi connectivity index (χ0v) is 15.6. The van der Waals surface area contributed by atoms with Gasteiger partial charge in [0.05, 0.1) is 13.2 Å². The maximum absolute atomic E-state index is 13.3. The van der Waals surface area contributed by atoms with Gasteiger partial charge in [-0.2, -0.15) is 0 Å². The van der Waals surface area contributed by atoms with E-state index in [1.165, 1.54) is 28.7 Å². The Hall–Kier alpha value is -2.50. The van der Waals surface area contributed by atoms with E-state index in [4.69, 9.17) is 4.74 Å². The number of rotatable bonds is 6. The Morgan fingerprint density at radius 1 is 1.22 bits per heavy atom. The molecule has 0 aliphatic carbocycles. The number of nitrogens with one attached hydrogen (secondary N) is 2. The number of ether oxygens (including phenoxy) is 1. The topological polar surface area (TPSA) is 42.8 Å². The number of amides is 1. The molecule has 1 saturated heterocycles. The average Bonchev–Trinajstić information content (AvgIpc) is 2.67. The second kappa shape index (κ2) is 9.44. The number of benzene rings is 2. The summed E-state index contributed by atoms with van der Waals surface area (Å²) in [5.74, 6) is -0.497. The second-order valence-electron chi connectivity index (χ2n) is 6.93. The average molecular weight is 369 g/mol. The van der Waals surface area contributed by atoms with Gasteiger partial charge in [-0.25, -0.2) is 4.39 Å². The van der Waals surface area contributed by atoms with E-state index in [1.54, 1.807) is 18.2 Å². The van der Waals surface area contributed by atoms with Crippen LogP contribution in [0.2, 0.25) is 0 Å². The second-order valence-corrected chi connectivity index (χ2v) is 6.93. The predicted octanol–water partition coefficient (Wildman–Crippen LogP) is 1.92. The van der Waals surface area contributed by atoms with E-state index in [0.29, 0.717) is 5.56 Å². The lowest BCUT2D eigenvalue weighted by Crippen LogP contribution is -3.14. The van der Waals surface area contributed by atoms with Crippen molar-refractivity contribution in [3.8, 4) is 0 Å². The number of hydrogen-bond donors (Lipinski definition) is 2. The normalized spacial score (nSPS) is 16.4. The molecule has 0 saturated carbocycles. The zero-order valence-electron chi connectivity index (χ0n) is 15.6. The first kappa shape index (κ1) is 19.3. The highest BCUT2D eigenvalue weighted by molar-refractivity contribution is 5.92. The SMILES string of the molecule is Cc1ccc([C@@H](C[NH+]2CCOCC2)NC(=O)/C=C/c2cccc(F)c2)cc1. The zero-order chi connectivity index (χ0) is 19.1. The molecule has 0 spiro atoms. The number of aryl methyl sites for hydroxylation is 1. The Morgan fingerprint density at radius 2 is 1.96 bits per heavy atom. The third-order valence-electron chi connectivity index (χ3n) is 4.76. The summed E-state index contributed by atoms with van der Waals surface area (Å²) in [6, 6.07) is 14.4. The quantitative estimate of drug-likeness (QED) is 0.764. The molecule has 27 heavy (non-hydrogen) atoms. The lowest BCUT2D eigenvalue weighted by atomic mass is 10.0. The molecule has 2 aromatic carbocycles. The lowest BCUT2D eigenvalue weighted by Gasteiger charge is -2.28. The third-order valence-corrected chi connectivity index (χ3v) is 4.76. The van der Waals surface area contributed by atoms with Crippen molar-refractivity contribution in [3.05, 3.63) is 77.1 Å². The highest BCUT2D eigenvalue weighted by Gasteiger charge is 2.22. The molecule has 4 nitrogen and oxygen atoms in total. The fourth-order valence-electron chi connectivity index (χ4n) is 3.21. The van der Waals surface area contributed by atoms with Crippen LogP contribution in [-0.4, -0.2) is 38.8 Å². The van der Waals surface area contributed by atoms with Crippen molar-refractivity contribution >= 4 is 12.0 Å². The maximum Gasteiger partial charge on any atom is 0.244 e. The van der Waals surface area contributed by atoms with Gasteiger partial charge in [-0.15, -0.1) is 0 Å². The van der Waals surface area contributed by atoms with Crippen molar-refractivity contribution < 1.29 is 18.8 Å². The summed E-state index contributed by atoms with van der Waals surface area (Å²) in [5.41, 5.74) is 2.94. The fourth-order valence-corrected chi connectivity index (χ4v) is 3.21. The molecule has 1 heterocycles. The third kappa shape index (κ3) is 6.01. The smallest absolute Gasteiger partial charge is 0.244 e. The van der Waals surface area contributed by atoms with Crippen molar-refractivity contribution in [2.75, 3.05) is 32.8 Å². The van der Waals surface area contributed by atoms with Gasteiger partial charge in [0.2, 0.25) is 5.91 Å². The molecule has 142 valence electrons. The van der Waals surface area contributed by atoms with Crippen LogP contribution in [0.1, 0.15) is 22.7 Å². The molecule has 0 unspecified atom stereocenters. The van der Waals surface area contributed by atoms with E-state index in [9.17, 15) is 9.18 Å². The van der Waals surface area contributed by atoms with Crippen molar-refractivity contribution in [1.82, 2.24) is 5.32 Å². The number of quaternary nitrogens is 1. The molecular weight excluding hydrogens is 343 g/mol. The minimum Gasteiger partial charge on any atom is -0.370 e. The van der Waals surface area contributed by atoms with Crippen LogP contribution in [0.4, 0.5) is 4.39 Å². The minimum atomic E-state index is -0.314. The lowest BCUT2D eigenvalue weighted by molar-refractivity contribution is -0.909. The molecule has 1 aliphatic rings. The molecule has 0 aromatic heterocycles. The standard InChI is InChI=1S/C22H25FN2O2/c1-17-5-8-19(9-6-17)21(16-25-11-13-27-14-12-25)24-22(26)10-7-18-3-2-4-20(23)15-18/h2-10,15,21H,11-14,16H2,1H3,(H,24,26)/p+1/b10-7+/t21-/m1/s1. The van der Waals surface area contributed by atoms with Crippen LogP contribution in [0, 0.1) is 12.7 Å². The van der Waals surface area contributed by atoms with Crippen LogP contribution in [0.25, 0.3) is 6.08 Å². The summed E-state index contributed by atoms with van der Waals surface area (Å²) in [6.07, 6.45) is 3.09. The van der Waals surface area contributed by atoms with Crippen molar-refractivity contribution in [2.24, 2.45) is 0 Å². The van der Waals surface area contributed by atoms with Crippen LogP contribution < -0.4 is 10.2 Å². The summed E-state index contributed by atoms with van der Waals surface area (Å²) in [4.78, 5) is 13.9. The largest absolute Gasteiger partial charge is 0.370 e. The van der Waals surface area contributed by atoms with Gasteiger partial charge in [-0.3, -0.25) is 4.79 Å². The molecule has 0 bridgehead atoms. The van der Waals surface area contributed by atoms with Crippen LogP contribution in [0.15, 0.2) is 54.6 Å². The van der Waals surface area contributed by atoms with E-state index in [1.807, 2.05) is 6.92 Å². The van der Waals surface area contributed by atoms with Gasteiger partial charge >= 0.3 is 0 Å². The Bertz CT molecular complexity index is 783. The van der Waals surface area contributed by atoms with Gasteiger partial charge in [-0.05, 0) is 36.3 Å². The molecule has 1 atom stereocenters. The van der Waals surface area contributed by atoms with Crippen LogP contribution >= 0.6 is 0 Å². The first-order valence-electron chi connectivity index (χ1n) is 9.32. The predicted molar refractivity (Wildman–Crippen MR) is 104 cm³/mol. The Balaban J connectivity index is 1.69. The van der Waals surface area contributed by atoms with Gasteiger partial charge in [0.15, 0.2) is 0 Å². The van der Waals surface area contributed by atoms with Gasteiger partial charge in [-0.1, -0.05) is 42.0 Å². The van der Waals surface area contributed by atoms with E-state index in [0.717, 1.165) is 38.4 Å². The highest BCUT2D eigenvalue weighted by atomic mass is 19.1. The first-order chi connectivity index (χ1) is 13.1. The summed E-state index contributed by atoms with van der Waals surface area (Å²) < 4.78 is 18.7. The molecule has 1 fully saturated rings. The molecule has 2 aromatic rings. The molecule has 5 heteroatoms. The number of carbonyl (C=O) groups is 1.